The number of nitrogens with zero attached hydrogens (tertiary/aromatic N) is 2. The van der Waals surface area contributed by atoms with Crippen LogP contribution >= 0.6 is 0 Å². The van der Waals surface area contributed by atoms with Gasteiger partial charge in [0.1, 0.15) is 11.6 Å². The number of hydrogen-bond donors (Lipinski definition) is 1. The van der Waals surface area contributed by atoms with Crippen LogP contribution in [0.5, 0.6) is 0 Å². The molecule has 0 bridgehead atoms. The van der Waals surface area contributed by atoms with Crippen molar-refractivity contribution in [2.75, 3.05) is 23.9 Å². The van der Waals surface area contributed by atoms with Crippen molar-refractivity contribution < 1.29 is 9.59 Å². The maximum absolute atomic E-state index is 12.8. The molecule has 0 spiro atoms. The maximum atomic E-state index is 12.8. The molecule has 2 amide bonds. The molecule has 114 valence electrons. The average molecular weight is 289 g/mol. The highest BCUT2D eigenvalue weighted by molar-refractivity contribution is 6.11. The standard InChI is InChI=1S/C16H23N3O2/c1-6-11-14(20)17-16(2,3)15(21)19(11)13-10-8-7-9-12(13)18(4)5/h7-11H,6H2,1-5H3,(H,17,20). The Balaban J connectivity index is 2.57. The molecule has 5 heteroatoms. The molecular formula is C16H23N3O2. The fourth-order valence-electron chi connectivity index (χ4n) is 2.70. The Morgan fingerprint density at radius 2 is 1.86 bits per heavy atom. The molecule has 1 atom stereocenters. The lowest BCUT2D eigenvalue weighted by Gasteiger charge is -2.43. The first-order valence-electron chi connectivity index (χ1n) is 7.21. The zero-order valence-electron chi connectivity index (χ0n) is 13.3. The van der Waals surface area contributed by atoms with Gasteiger partial charge in [0, 0.05) is 14.1 Å². The summed E-state index contributed by atoms with van der Waals surface area (Å²) in [5, 5.41) is 2.81. The third-order valence-corrected chi connectivity index (χ3v) is 3.81. The molecule has 0 aliphatic carbocycles. The Labute approximate surface area is 125 Å². The largest absolute Gasteiger partial charge is 0.376 e. The summed E-state index contributed by atoms with van der Waals surface area (Å²) in [6.45, 7) is 5.40. The third kappa shape index (κ3) is 2.60. The molecule has 1 aliphatic rings. The van der Waals surface area contributed by atoms with Gasteiger partial charge in [-0.2, -0.15) is 0 Å². The predicted octanol–water partition coefficient (Wildman–Crippen LogP) is 1.77. The average Bonchev–Trinajstić information content (AvgIpc) is 2.42. The molecular weight excluding hydrogens is 266 g/mol. The minimum atomic E-state index is -0.887. The quantitative estimate of drug-likeness (QED) is 0.922. The van der Waals surface area contributed by atoms with E-state index >= 15 is 0 Å². The molecule has 0 radical (unpaired) electrons. The van der Waals surface area contributed by atoms with Gasteiger partial charge >= 0.3 is 0 Å². The predicted molar refractivity (Wildman–Crippen MR) is 84.6 cm³/mol. The summed E-state index contributed by atoms with van der Waals surface area (Å²) in [7, 11) is 3.86. The SMILES string of the molecule is CCC1C(=O)NC(C)(C)C(=O)N1c1ccccc1N(C)C. The maximum Gasteiger partial charge on any atom is 0.252 e. The summed E-state index contributed by atoms with van der Waals surface area (Å²) in [4.78, 5) is 28.8. The van der Waals surface area contributed by atoms with Crippen LogP contribution in [-0.2, 0) is 9.59 Å². The van der Waals surface area contributed by atoms with E-state index in [1.165, 1.54) is 0 Å². The van der Waals surface area contributed by atoms with E-state index in [2.05, 4.69) is 5.32 Å². The first-order valence-corrected chi connectivity index (χ1v) is 7.21. The van der Waals surface area contributed by atoms with E-state index in [1.54, 1.807) is 18.7 Å². The Morgan fingerprint density at radius 3 is 2.43 bits per heavy atom. The smallest absolute Gasteiger partial charge is 0.252 e. The summed E-state index contributed by atoms with van der Waals surface area (Å²) in [5.74, 6) is -0.182. The van der Waals surface area contributed by atoms with Gasteiger partial charge in [0.05, 0.1) is 11.4 Å². The summed E-state index contributed by atoms with van der Waals surface area (Å²) in [6.07, 6.45) is 0.579. The van der Waals surface area contributed by atoms with Crippen molar-refractivity contribution in [3.63, 3.8) is 0 Å². The van der Waals surface area contributed by atoms with Gasteiger partial charge in [0.2, 0.25) is 5.91 Å². The zero-order valence-corrected chi connectivity index (χ0v) is 13.3. The van der Waals surface area contributed by atoms with Crippen molar-refractivity contribution in [1.29, 1.82) is 0 Å². The highest BCUT2D eigenvalue weighted by atomic mass is 16.2. The van der Waals surface area contributed by atoms with Crippen molar-refractivity contribution in [3.8, 4) is 0 Å². The molecule has 1 aromatic rings. The number of carbonyl (C=O) groups excluding carboxylic acids is 2. The number of nitrogens with one attached hydrogen (secondary N) is 1. The number of anilines is 2. The van der Waals surface area contributed by atoms with Gasteiger partial charge in [-0.15, -0.1) is 0 Å². The summed E-state index contributed by atoms with van der Waals surface area (Å²) < 4.78 is 0. The van der Waals surface area contributed by atoms with Crippen LogP contribution in [-0.4, -0.2) is 37.5 Å². The van der Waals surface area contributed by atoms with Crippen molar-refractivity contribution in [1.82, 2.24) is 5.32 Å². The molecule has 1 fully saturated rings. The van der Waals surface area contributed by atoms with Crippen LogP contribution in [0, 0.1) is 0 Å². The van der Waals surface area contributed by atoms with Crippen molar-refractivity contribution >= 4 is 23.2 Å². The van der Waals surface area contributed by atoms with Crippen LogP contribution in [0.1, 0.15) is 27.2 Å². The van der Waals surface area contributed by atoms with Crippen molar-refractivity contribution in [2.24, 2.45) is 0 Å². The van der Waals surface area contributed by atoms with Crippen LogP contribution in [0.3, 0.4) is 0 Å². The van der Waals surface area contributed by atoms with E-state index in [9.17, 15) is 9.59 Å². The fourth-order valence-corrected chi connectivity index (χ4v) is 2.70. The van der Waals surface area contributed by atoms with Gasteiger partial charge in [0.25, 0.3) is 5.91 Å². The molecule has 0 aromatic heterocycles. The molecule has 1 N–H and O–H groups in total. The van der Waals surface area contributed by atoms with Gasteiger partial charge in [-0.3, -0.25) is 14.5 Å². The van der Waals surface area contributed by atoms with Crippen LogP contribution in [0.2, 0.25) is 0 Å². The van der Waals surface area contributed by atoms with E-state index in [-0.39, 0.29) is 11.8 Å². The minimum Gasteiger partial charge on any atom is -0.376 e. The van der Waals surface area contributed by atoms with Gasteiger partial charge in [-0.05, 0) is 32.4 Å². The molecule has 1 heterocycles. The van der Waals surface area contributed by atoms with E-state index in [0.717, 1.165) is 11.4 Å². The number of rotatable bonds is 3. The Morgan fingerprint density at radius 1 is 1.24 bits per heavy atom. The molecule has 1 saturated heterocycles. The van der Waals surface area contributed by atoms with Crippen LogP contribution in [0.4, 0.5) is 11.4 Å². The summed E-state index contributed by atoms with van der Waals surface area (Å²) >= 11 is 0. The highest BCUT2D eigenvalue weighted by Crippen LogP contribution is 2.33. The first kappa shape index (κ1) is 15.4. The molecule has 21 heavy (non-hydrogen) atoms. The third-order valence-electron chi connectivity index (χ3n) is 3.81. The lowest BCUT2D eigenvalue weighted by molar-refractivity contribution is -0.137. The fraction of sp³-hybridized carbons (Fsp3) is 0.500. The van der Waals surface area contributed by atoms with E-state index in [4.69, 9.17) is 0 Å². The zero-order chi connectivity index (χ0) is 15.8. The molecule has 1 aliphatic heterocycles. The van der Waals surface area contributed by atoms with Crippen molar-refractivity contribution in [2.45, 2.75) is 38.8 Å². The number of piperazine rings is 1. The lowest BCUT2D eigenvalue weighted by Crippen LogP contribution is -2.68. The molecule has 1 aromatic carbocycles. The van der Waals surface area contributed by atoms with Crippen LogP contribution in [0.25, 0.3) is 0 Å². The van der Waals surface area contributed by atoms with Gasteiger partial charge in [0.15, 0.2) is 0 Å². The number of amides is 2. The van der Waals surface area contributed by atoms with E-state index in [0.29, 0.717) is 6.42 Å². The Kier molecular flexibility index (Phi) is 3.94. The molecule has 5 nitrogen and oxygen atoms in total. The number of benzene rings is 1. The van der Waals surface area contributed by atoms with Gasteiger partial charge in [-0.1, -0.05) is 19.1 Å². The van der Waals surface area contributed by atoms with Crippen LogP contribution in [0.15, 0.2) is 24.3 Å². The number of para-hydroxylation sites is 2. The normalized spacial score (nSPS) is 21.2. The number of carbonyl (C=O) groups is 2. The lowest BCUT2D eigenvalue weighted by atomic mass is 9.94. The Bertz CT molecular complexity index is 566. The molecule has 2 rings (SSSR count). The summed E-state index contributed by atoms with van der Waals surface area (Å²) in [6, 6.07) is 7.20. The second kappa shape index (κ2) is 5.39. The van der Waals surface area contributed by atoms with Crippen molar-refractivity contribution in [3.05, 3.63) is 24.3 Å². The van der Waals surface area contributed by atoms with Gasteiger partial charge in [-0.25, -0.2) is 0 Å². The first-order chi connectivity index (χ1) is 9.79. The second-order valence-corrected chi connectivity index (χ2v) is 6.10. The van der Waals surface area contributed by atoms with Crippen LogP contribution < -0.4 is 15.1 Å². The van der Waals surface area contributed by atoms with Gasteiger partial charge < -0.3 is 10.2 Å². The highest BCUT2D eigenvalue weighted by Gasteiger charge is 2.45. The van der Waals surface area contributed by atoms with E-state index < -0.39 is 11.6 Å². The monoisotopic (exact) mass is 289 g/mol. The molecule has 0 saturated carbocycles. The topological polar surface area (TPSA) is 52.7 Å². The van der Waals surface area contributed by atoms with E-state index in [1.807, 2.05) is 50.2 Å². The molecule has 1 unspecified atom stereocenters. The second-order valence-electron chi connectivity index (χ2n) is 6.10. The Hall–Kier alpha value is -2.04. The summed E-state index contributed by atoms with van der Waals surface area (Å²) in [5.41, 5.74) is 0.819. The number of hydrogen-bond acceptors (Lipinski definition) is 3. The minimum absolute atomic E-state index is 0.0803.